The van der Waals surface area contributed by atoms with Crippen LogP contribution in [0.5, 0.6) is 0 Å². The molecule has 6 heteroatoms. The Labute approximate surface area is 126 Å². The first-order valence-electron chi connectivity index (χ1n) is 6.98. The third-order valence-corrected chi connectivity index (χ3v) is 3.97. The lowest BCUT2D eigenvalue weighted by atomic mass is 10.1. The first kappa shape index (κ1) is 16.1. The van der Waals surface area contributed by atoms with E-state index >= 15 is 0 Å². The molecule has 1 saturated heterocycles. The summed E-state index contributed by atoms with van der Waals surface area (Å²) in [5.41, 5.74) is 1.03. The van der Waals surface area contributed by atoms with E-state index in [0.717, 1.165) is 10.5 Å². The second kappa shape index (κ2) is 6.69. The summed E-state index contributed by atoms with van der Waals surface area (Å²) >= 11 is 5.77. The highest BCUT2D eigenvalue weighted by atomic mass is 35.5. The Kier molecular flexibility index (Phi) is 5.14. The standard InChI is InChI=1S/C15H17ClF3NO/c16-12-8-6-11(7-9-12)3-1-5-14(21)20-10-2-4-13(20)15(17,18)19/h6-9,13H,1-5,10H2. The Balaban J connectivity index is 1.83. The molecule has 1 aromatic rings. The second-order valence-corrected chi connectivity index (χ2v) is 5.70. The lowest BCUT2D eigenvalue weighted by Gasteiger charge is -2.26. The number of likely N-dealkylation sites (tertiary alicyclic amines) is 1. The van der Waals surface area contributed by atoms with Gasteiger partial charge in [0.2, 0.25) is 5.91 Å². The van der Waals surface area contributed by atoms with Gasteiger partial charge < -0.3 is 4.90 Å². The SMILES string of the molecule is O=C(CCCc1ccc(Cl)cc1)N1CCCC1C(F)(F)F. The van der Waals surface area contributed by atoms with Crippen LogP contribution in [0.4, 0.5) is 13.2 Å². The van der Waals surface area contributed by atoms with Gasteiger partial charge in [0.1, 0.15) is 6.04 Å². The molecule has 1 aliphatic heterocycles. The van der Waals surface area contributed by atoms with Crippen molar-refractivity contribution in [2.75, 3.05) is 6.54 Å². The number of aryl methyl sites for hydroxylation is 1. The van der Waals surface area contributed by atoms with Crippen LogP contribution in [-0.4, -0.2) is 29.6 Å². The van der Waals surface area contributed by atoms with E-state index < -0.39 is 18.1 Å². The lowest BCUT2D eigenvalue weighted by Crippen LogP contribution is -2.44. The van der Waals surface area contributed by atoms with E-state index in [1.54, 1.807) is 12.1 Å². The minimum atomic E-state index is -4.32. The molecule has 21 heavy (non-hydrogen) atoms. The van der Waals surface area contributed by atoms with Gasteiger partial charge in [0.05, 0.1) is 0 Å². The van der Waals surface area contributed by atoms with Gasteiger partial charge >= 0.3 is 6.18 Å². The molecule has 0 bridgehead atoms. The molecular weight excluding hydrogens is 303 g/mol. The molecule has 1 unspecified atom stereocenters. The van der Waals surface area contributed by atoms with Crippen molar-refractivity contribution in [2.45, 2.75) is 44.3 Å². The van der Waals surface area contributed by atoms with Gasteiger partial charge in [-0.3, -0.25) is 4.79 Å². The van der Waals surface area contributed by atoms with Crippen molar-refractivity contribution < 1.29 is 18.0 Å². The lowest BCUT2D eigenvalue weighted by molar-refractivity contribution is -0.182. The zero-order valence-electron chi connectivity index (χ0n) is 11.5. The molecule has 116 valence electrons. The monoisotopic (exact) mass is 319 g/mol. The van der Waals surface area contributed by atoms with E-state index in [4.69, 9.17) is 11.6 Å². The van der Waals surface area contributed by atoms with Crippen LogP contribution in [0.1, 0.15) is 31.2 Å². The summed E-state index contributed by atoms with van der Waals surface area (Å²) in [5, 5.41) is 0.639. The number of carbonyl (C=O) groups is 1. The molecule has 0 saturated carbocycles. The summed E-state index contributed by atoms with van der Waals surface area (Å²) in [7, 11) is 0. The van der Waals surface area contributed by atoms with Crippen LogP contribution in [0.25, 0.3) is 0 Å². The Morgan fingerprint density at radius 1 is 1.29 bits per heavy atom. The fraction of sp³-hybridized carbons (Fsp3) is 0.533. The molecule has 1 heterocycles. The third kappa shape index (κ3) is 4.37. The number of alkyl halides is 3. The summed E-state index contributed by atoms with van der Waals surface area (Å²) in [6.07, 6.45) is -2.52. The van der Waals surface area contributed by atoms with E-state index in [-0.39, 0.29) is 19.4 Å². The topological polar surface area (TPSA) is 20.3 Å². The van der Waals surface area contributed by atoms with Crippen LogP contribution in [0.15, 0.2) is 24.3 Å². The zero-order chi connectivity index (χ0) is 15.5. The number of amides is 1. The number of benzene rings is 1. The van der Waals surface area contributed by atoms with Gasteiger partial charge in [0, 0.05) is 18.0 Å². The number of carbonyl (C=O) groups excluding carboxylic acids is 1. The Morgan fingerprint density at radius 3 is 2.57 bits per heavy atom. The van der Waals surface area contributed by atoms with Crippen molar-refractivity contribution >= 4 is 17.5 Å². The van der Waals surface area contributed by atoms with Gasteiger partial charge in [-0.25, -0.2) is 0 Å². The molecule has 0 aromatic heterocycles. The molecule has 1 atom stereocenters. The molecule has 1 fully saturated rings. The first-order chi connectivity index (χ1) is 9.88. The van der Waals surface area contributed by atoms with Gasteiger partial charge in [-0.05, 0) is 43.4 Å². The molecule has 2 rings (SSSR count). The molecular formula is C15H17ClF3NO. The van der Waals surface area contributed by atoms with Crippen LogP contribution in [0.2, 0.25) is 5.02 Å². The fourth-order valence-electron chi connectivity index (χ4n) is 2.64. The van der Waals surface area contributed by atoms with Gasteiger partial charge in [0.15, 0.2) is 0 Å². The summed E-state index contributed by atoms with van der Waals surface area (Å²) in [4.78, 5) is 12.9. The minimum Gasteiger partial charge on any atom is -0.331 e. The Hall–Kier alpha value is -1.23. The van der Waals surface area contributed by atoms with Crippen LogP contribution in [-0.2, 0) is 11.2 Å². The number of halogens is 4. The van der Waals surface area contributed by atoms with E-state index in [2.05, 4.69) is 0 Å². The van der Waals surface area contributed by atoms with E-state index in [9.17, 15) is 18.0 Å². The maximum Gasteiger partial charge on any atom is 0.408 e. The number of hydrogen-bond acceptors (Lipinski definition) is 1. The van der Waals surface area contributed by atoms with Crippen molar-refractivity contribution in [3.05, 3.63) is 34.9 Å². The van der Waals surface area contributed by atoms with Crippen LogP contribution >= 0.6 is 11.6 Å². The van der Waals surface area contributed by atoms with E-state index in [1.165, 1.54) is 0 Å². The van der Waals surface area contributed by atoms with Gasteiger partial charge in [0.25, 0.3) is 0 Å². The summed E-state index contributed by atoms with van der Waals surface area (Å²) < 4.78 is 38.4. The second-order valence-electron chi connectivity index (χ2n) is 5.27. The van der Waals surface area contributed by atoms with Crippen LogP contribution < -0.4 is 0 Å². The van der Waals surface area contributed by atoms with Gasteiger partial charge in [-0.1, -0.05) is 23.7 Å². The fourth-order valence-corrected chi connectivity index (χ4v) is 2.77. The van der Waals surface area contributed by atoms with Crippen molar-refractivity contribution in [1.29, 1.82) is 0 Å². The molecule has 0 spiro atoms. The Bertz CT molecular complexity index is 487. The minimum absolute atomic E-state index is 0.0203. The molecule has 0 aliphatic carbocycles. The molecule has 1 aromatic carbocycles. The average Bonchev–Trinajstić information content (AvgIpc) is 2.90. The zero-order valence-corrected chi connectivity index (χ0v) is 12.3. The molecule has 2 nitrogen and oxygen atoms in total. The molecule has 0 N–H and O–H groups in total. The van der Waals surface area contributed by atoms with Crippen molar-refractivity contribution in [2.24, 2.45) is 0 Å². The largest absolute Gasteiger partial charge is 0.408 e. The highest BCUT2D eigenvalue weighted by Crippen LogP contribution is 2.33. The smallest absolute Gasteiger partial charge is 0.331 e. The van der Waals surface area contributed by atoms with Crippen LogP contribution in [0, 0.1) is 0 Å². The predicted molar refractivity (Wildman–Crippen MR) is 75.2 cm³/mol. The van der Waals surface area contributed by atoms with E-state index in [1.807, 2.05) is 12.1 Å². The van der Waals surface area contributed by atoms with Crippen molar-refractivity contribution in [3.8, 4) is 0 Å². The predicted octanol–water partition coefficient (Wildman–Crippen LogP) is 4.22. The van der Waals surface area contributed by atoms with Crippen molar-refractivity contribution in [3.63, 3.8) is 0 Å². The number of nitrogens with zero attached hydrogens (tertiary/aromatic N) is 1. The molecule has 1 amide bonds. The number of rotatable bonds is 4. The Morgan fingerprint density at radius 2 is 1.95 bits per heavy atom. The highest BCUT2D eigenvalue weighted by Gasteiger charge is 2.47. The molecule has 0 radical (unpaired) electrons. The van der Waals surface area contributed by atoms with Gasteiger partial charge in [-0.2, -0.15) is 13.2 Å². The summed E-state index contributed by atoms with van der Waals surface area (Å²) in [6, 6.07) is 5.65. The highest BCUT2D eigenvalue weighted by molar-refractivity contribution is 6.30. The summed E-state index contributed by atoms with van der Waals surface area (Å²) in [6.45, 7) is 0.212. The maximum atomic E-state index is 12.8. The normalized spacial score (nSPS) is 19.0. The quantitative estimate of drug-likeness (QED) is 0.814. The van der Waals surface area contributed by atoms with Crippen molar-refractivity contribution in [1.82, 2.24) is 4.90 Å². The first-order valence-corrected chi connectivity index (χ1v) is 7.36. The summed E-state index contributed by atoms with van der Waals surface area (Å²) in [5.74, 6) is -0.399. The van der Waals surface area contributed by atoms with E-state index in [0.29, 0.717) is 24.3 Å². The maximum absolute atomic E-state index is 12.8. The van der Waals surface area contributed by atoms with Crippen LogP contribution in [0.3, 0.4) is 0 Å². The average molecular weight is 320 g/mol. The number of hydrogen-bond donors (Lipinski definition) is 0. The molecule has 1 aliphatic rings. The third-order valence-electron chi connectivity index (χ3n) is 3.72. The van der Waals surface area contributed by atoms with Gasteiger partial charge in [-0.15, -0.1) is 0 Å².